The van der Waals surface area contributed by atoms with Gasteiger partial charge in [-0.05, 0) is 17.7 Å². The molecule has 1 aromatic carbocycles. The minimum absolute atomic E-state index is 0.128. The molecule has 6 nitrogen and oxygen atoms in total. The second-order valence-corrected chi connectivity index (χ2v) is 7.86. The number of hydrogen-bond acceptors (Lipinski definition) is 7. The Labute approximate surface area is 150 Å². The van der Waals surface area contributed by atoms with Crippen LogP contribution in [0.4, 0.5) is 6.01 Å². The van der Waals surface area contributed by atoms with Crippen LogP contribution in [-0.2, 0) is 11.2 Å². The smallest absolute Gasteiger partial charge is 0.322 e. The molecule has 9 heteroatoms. The summed E-state index contributed by atoms with van der Waals surface area (Å²) in [6.45, 7) is 0.831. The molecule has 1 amide bonds. The maximum absolute atomic E-state index is 11.8. The normalized spacial score (nSPS) is 13.9. The number of carbonyl (C=O) groups is 1. The van der Waals surface area contributed by atoms with E-state index in [4.69, 9.17) is 4.42 Å². The van der Waals surface area contributed by atoms with Crippen molar-refractivity contribution >= 4 is 55.8 Å². The van der Waals surface area contributed by atoms with Crippen molar-refractivity contribution in [1.82, 2.24) is 10.2 Å². The number of aromatic nitrogens is 2. The van der Waals surface area contributed by atoms with Crippen LogP contribution in [0.3, 0.4) is 0 Å². The molecule has 0 saturated heterocycles. The zero-order valence-electron chi connectivity index (χ0n) is 12.0. The number of anilines is 1. The molecule has 2 heterocycles. The predicted molar refractivity (Wildman–Crippen MR) is 97.1 cm³/mol. The topological polar surface area (TPSA) is 80.4 Å². The number of benzene rings is 1. The Morgan fingerprint density at radius 1 is 1.35 bits per heavy atom. The van der Waals surface area contributed by atoms with E-state index in [9.17, 15) is 4.79 Å². The molecule has 0 unspecified atom stereocenters. The third-order valence-electron chi connectivity index (χ3n) is 2.87. The van der Waals surface area contributed by atoms with Crippen molar-refractivity contribution in [3.8, 4) is 0 Å². The zero-order valence-corrected chi connectivity index (χ0v) is 15.2. The fourth-order valence-corrected chi connectivity index (χ4v) is 3.91. The molecule has 120 valence electrons. The van der Waals surface area contributed by atoms with Crippen LogP contribution in [0, 0.1) is 0 Å². The summed E-state index contributed by atoms with van der Waals surface area (Å²) >= 11 is 6.49. The SMILES string of the molecule is O=C(CSC1=NCCS1)Nc1nnc(Cc2ccc(Br)cc2)o1. The summed E-state index contributed by atoms with van der Waals surface area (Å²) in [5, 5.41) is 10.4. The van der Waals surface area contributed by atoms with Gasteiger partial charge < -0.3 is 4.42 Å². The van der Waals surface area contributed by atoms with E-state index in [-0.39, 0.29) is 17.7 Å². The first-order valence-electron chi connectivity index (χ1n) is 6.86. The largest absolute Gasteiger partial charge is 0.407 e. The Morgan fingerprint density at radius 3 is 2.91 bits per heavy atom. The highest BCUT2D eigenvalue weighted by molar-refractivity contribution is 9.10. The second-order valence-electron chi connectivity index (χ2n) is 4.64. The minimum atomic E-state index is -0.177. The first-order chi connectivity index (χ1) is 11.2. The summed E-state index contributed by atoms with van der Waals surface area (Å²) in [6, 6.07) is 7.99. The Morgan fingerprint density at radius 2 is 2.17 bits per heavy atom. The van der Waals surface area contributed by atoms with E-state index in [0.717, 1.165) is 26.7 Å². The molecule has 2 aromatic rings. The van der Waals surface area contributed by atoms with Gasteiger partial charge in [-0.3, -0.25) is 15.1 Å². The molecule has 0 atom stereocenters. The fourth-order valence-electron chi connectivity index (χ4n) is 1.84. The van der Waals surface area contributed by atoms with Gasteiger partial charge in [0.2, 0.25) is 11.8 Å². The van der Waals surface area contributed by atoms with Gasteiger partial charge in [-0.1, -0.05) is 56.7 Å². The molecule has 1 aromatic heterocycles. The second kappa shape index (κ2) is 7.98. The summed E-state index contributed by atoms with van der Waals surface area (Å²) < 4.78 is 7.43. The van der Waals surface area contributed by atoms with Gasteiger partial charge in [-0.15, -0.1) is 5.10 Å². The average Bonchev–Trinajstić information content (AvgIpc) is 3.20. The fraction of sp³-hybridized carbons (Fsp3) is 0.286. The number of carbonyl (C=O) groups excluding carboxylic acids is 1. The van der Waals surface area contributed by atoms with Crippen molar-refractivity contribution in [3.63, 3.8) is 0 Å². The maximum Gasteiger partial charge on any atom is 0.322 e. The quantitative estimate of drug-likeness (QED) is 0.811. The summed E-state index contributed by atoms with van der Waals surface area (Å²) in [5.74, 6) is 1.57. The molecule has 23 heavy (non-hydrogen) atoms. The Bertz CT molecular complexity index is 718. The summed E-state index contributed by atoms with van der Waals surface area (Å²) in [7, 11) is 0. The molecular weight excluding hydrogens is 400 g/mol. The van der Waals surface area contributed by atoms with Gasteiger partial charge in [0, 0.05) is 10.2 Å². The monoisotopic (exact) mass is 412 g/mol. The van der Waals surface area contributed by atoms with Gasteiger partial charge in [-0.2, -0.15) is 0 Å². The maximum atomic E-state index is 11.8. The molecule has 3 rings (SSSR count). The molecule has 1 aliphatic rings. The number of nitrogens with one attached hydrogen (secondary N) is 1. The zero-order chi connectivity index (χ0) is 16.1. The third-order valence-corrected chi connectivity index (χ3v) is 5.65. The van der Waals surface area contributed by atoms with E-state index in [1.807, 2.05) is 24.3 Å². The van der Waals surface area contributed by atoms with Gasteiger partial charge in [0.25, 0.3) is 0 Å². The van der Waals surface area contributed by atoms with E-state index in [2.05, 4.69) is 36.4 Å². The Balaban J connectivity index is 1.50. The van der Waals surface area contributed by atoms with E-state index in [1.165, 1.54) is 11.8 Å². The molecule has 0 aliphatic carbocycles. The highest BCUT2D eigenvalue weighted by Gasteiger charge is 2.13. The number of nitrogens with zero attached hydrogens (tertiary/aromatic N) is 3. The van der Waals surface area contributed by atoms with Gasteiger partial charge in [0.05, 0.1) is 18.7 Å². The summed E-state index contributed by atoms with van der Waals surface area (Å²) in [6.07, 6.45) is 0.526. The molecule has 1 N–H and O–H groups in total. The minimum Gasteiger partial charge on any atom is -0.407 e. The van der Waals surface area contributed by atoms with E-state index >= 15 is 0 Å². The van der Waals surface area contributed by atoms with Crippen molar-refractivity contribution in [1.29, 1.82) is 0 Å². The van der Waals surface area contributed by atoms with Crippen molar-refractivity contribution in [2.24, 2.45) is 4.99 Å². The number of thioether (sulfide) groups is 2. The molecule has 0 fully saturated rings. The number of aliphatic imine (C=N–C) groups is 1. The van der Waals surface area contributed by atoms with Crippen LogP contribution in [0.2, 0.25) is 0 Å². The lowest BCUT2D eigenvalue weighted by molar-refractivity contribution is -0.113. The van der Waals surface area contributed by atoms with Gasteiger partial charge in [0.1, 0.15) is 4.38 Å². The van der Waals surface area contributed by atoms with Crippen LogP contribution in [0.5, 0.6) is 0 Å². The molecule has 0 spiro atoms. The molecule has 0 saturated carbocycles. The van der Waals surface area contributed by atoms with Crippen molar-refractivity contribution in [3.05, 3.63) is 40.2 Å². The standard InChI is InChI=1S/C14H13BrN4O2S2/c15-10-3-1-9(2-4-10)7-12-18-19-13(21-12)17-11(20)8-23-14-16-5-6-22-14/h1-4H,5-8H2,(H,17,19,20). The van der Waals surface area contributed by atoms with Crippen LogP contribution in [0.15, 0.2) is 38.1 Å². The van der Waals surface area contributed by atoms with Gasteiger partial charge >= 0.3 is 6.01 Å². The number of rotatable bonds is 5. The van der Waals surface area contributed by atoms with E-state index in [1.54, 1.807) is 11.8 Å². The average molecular weight is 413 g/mol. The Hall–Kier alpha value is -1.32. The summed E-state index contributed by atoms with van der Waals surface area (Å²) in [4.78, 5) is 16.1. The number of halogens is 1. The van der Waals surface area contributed by atoms with E-state index < -0.39 is 0 Å². The molecule has 1 aliphatic heterocycles. The summed E-state index contributed by atoms with van der Waals surface area (Å²) in [5.41, 5.74) is 1.06. The van der Waals surface area contributed by atoms with E-state index in [0.29, 0.717) is 12.3 Å². The predicted octanol–water partition coefficient (Wildman–Crippen LogP) is 3.20. The van der Waals surface area contributed by atoms with Gasteiger partial charge in [-0.25, -0.2) is 0 Å². The van der Waals surface area contributed by atoms with Crippen molar-refractivity contribution in [2.75, 3.05) is 23.4 Å². The highest BCUT2D eigenvalue weighted by Crippen LogP contribution is 2.22. The molecule has 0 radical (unpaired) electrons. The van der Waals surface area contributed by atoms with Crippen molar-refractivity contribution in [2.45, 2.75) is 6.42 Å². The first kappa shape index (κ1) is 16.5. The van der Waals surface area contributed by atoms with Crippen molar-refractivity contribution < 1.29 is 9.21 Å². The number of amides is 1. The lowest BCUT2D eigenvalue weighted by atomic mass is 10.2. The van der Waals surface area contributed by atoms with Crippen LogP contribution in [0.25, 0.3) is 0 Å². The lowest BCUT2D eigenvalue weighted by Crippen LogP contribution is -2.14. The first-order valence-corrected chi connectivity index (χ1v) is 9.62. The third kappa shape index (κ3) is 5.08. The van der Waals surface area contributed by atoms with Crippen LogP contribution < -0.4 is 5.32 Å². The number of hydrogen-bond donors (Lipinski definition) is 1. The molecule has 0 bridgehead atoms. The Kier molecular flexibility index (Phi) is 5.74. The van der Waals surface area contributed by atoms with Gasteiger partial charge in [0.15, 0.2) is 0 Å². The lowest BCUT2D eigenvalue weighted by Gasteiger charge is -2.00. The molecular formula is C14H13BrN4O2S2. The highest BCUT2D eigenvalue weighted by atomic mass is 79.9. The van der Waals surface area contributed by atoms with Crippen LogP contribution >= 0.6 is 39.5 Å². The van der Waals surface area contributed by atoms with Crippen LogP contribution in [0.1, 0.15) is 11.5 Å². The van der Waals surface area contributed by atoms with Crippen LogP contribution in [-0.4, -0.2) is 38.5 Å².